The maximum absolute atomic E-state index is 10.6. The summed E-state index contributed by atoms with van der Waals surface area (Å²) in [5, 5.41) is 22.1. The van der Waals surface area contributed by atoms with Gasteiger partial charge in [-0.2, -0.15) is 5.26 Å². The van der Waals surface area contributed by atoms with E-state index in [4.69, 9.17) is 16.9 Å². The maximum atomic E-state index is 10.6. The van der Waals surface area contributed by atoms with Gasteiger partial charge in [-0.1, -0.05) is 23.7 Å². The number of rotatable bonds is 6. The van der Waals surface area contributed by atoms with Gasteiger partial charge in [-0.25, -0.2) is 0 Å². The third-order valence-corrected chi connectivity index (χ3v) is 7.14. The van der Waals surface area contributed by atoms with Gasteiger partial charge in [-0.15, -0.1) is 0 Å². The monoisotopic (exact) mass is 433 g/mol. The van der Waals surface area contributed by atoms with Crippen LogP contribution in [0.25, 0.3) is 10.8 Å². The van der Waals surface area contributed by atoms with Gasteiger partial charge >= 0.3 is 0 Å². The number of benzene rings is 2. The molecule has 5 heteroatoms. The number of halogens is 1. The molecule has 1 saturated carbocycles. The molecule has 5 rings (SSSR count). The first-order chi connectivity index (χ1) is 15.1. The van der Waals surface area contributed by atoms with Crippen molar-refractivity contribution in [2.24, 2.45) is 11.8 Å². The van der Waals surface area contributed by atoms with Crippen molar-refractivity contribution in [1.82, 2.24) is 9.47 Å². The highest BCUT2D eigenvalue weighted by molar-refractivity contribution is 6.36. The lowest BCUT2D eigenvalue weighted by Crippen LogP contribution is -2.33. The molecule has 0 radical (unpaired) electrons. The Bertz CT molecular complexity index is 1120. The van der Waals surface area contributed by atoms with Gasteiger partial charge in [0.25, 0.3) is 0 Å². The summed E-state index contributed by atoms with van der Waals surface area (Å²) in [5.41, 5.74) is 3.26. The lowest BCUT2D eigenvalue weighted by atomic mass is 9.89. The van der Waals surface area contributed by atoms with E-state index in [9.17, 15) is 5.11 Å². The molecule has 3 aromatic rings. The number of piperidine rings is 1. The Kier molecular flexibility index (Phi) is 5.65. The van der Waals surface area contributed by atoms with E-state index in [0.717, 1.165) is 43.4 Å². The number of hydrogen-bond acceptors (Lipinski definition) is 3. The van der Waals surface area contributed by atoms with E-state index in [1.54, 1.807) is 0 Å². The van der Waals surface area contributed by atoms with E-state index >= 15 is 0 Å². The molecular weight excluding hydrogens is 406 g/mol. The first kappa shape index (κ1) is 20.4. The van der Waals surface area contributed by atoms with Gasteiger partial charge in [-0.05, 0) is 92.4 Å². The van der Waals surface area contributed by atoms with E-state index in [-0.39, 0.29) is 0 Å². The second-order valence-electron chi connectivity index (χ2n) is 9.32. The molecule has 0 atom stereocenters. The molecule has 1 saturated heterocycles. The highest BCUT2D eigenvalue weighted by atomic mass is 35.5. The quantitative estimate of drug-likeness (QED) is 0.539. The molecule has 1 aliphatic heterocycles. The van der Waals surface area contributed by atoms with E-state index in [2.05, 4.69) is 35.4 Å². The topological polar surface area (TPSA) is 52.2 Å². The second kappa shape index (κ2) is 8.57. The van der Waals surface area contributed by atoms with Crippen molar-refractivity contribution in [3.63, 3.8) is 0 Å². The van der Waals surface area contributed by atoms with Crippen molar-refractivity contribution in [1.29, 1.82) is 5.26 Å². The molecule has 1 aliphatic carbocycles. The fourth-order valence-electron chi connectivity index (χ4n) is 4.86. The van der Waals surface area contributed by atoms with Crippen LogP contribution in [0.15, 0.2) is 42.6 Å². The normalized spacial score (nSPS) is 17.8. The number of nitrogens with zero attached hydrogens (tertiary/aromatic N) is 3. The predicted octanol–water partition coefficient (Wildman–Crippen LogP) is 5.74. The average Bonchev–Trinajstić information content (AvgIpc) is 3.53. The van der Waals surface area contributed by atoms with Crippen LogP contribution in [0.5, 0.6) is 5.88 Å². The lowest BCUT2D eigenvalue weighted by Gasteiger charge is -2.32. The maximum Gasteiger partial charge on any atom is 0.200 e. The zero-order valence-electron chi connectivity index (χ0n) is 17.7. The van der Waals surface area contributed by atoms with Gasteiger partial charge in [0.15, 0.2) is 0 Å². The third-order valence-electron chi connectivity index (χ3n) is 6.84. The van der Waals surface area contributed by atoms with Gasteiger partial charge in [0.05, 0.1) is 22.0 Å². The molecule has 2 aliphatic rings. The van der Waals surface area contributed by atoms with Crippen molar-refractivity contribution >= 4 is 22.4 Å². The van der Waals surface area contributed by atoms with E-state index < -0.39 is 0 Å². The zero-order chi connectivity index (χ0) is 21.4. The minimum absolute atomic E-state index is 0.314. The van der Waals surface area contributed by atoms with Crippen LogP contribution in [0.4, 0.5) is 0 Å². The third kappa shape index (κ3) is 4.59. The van der Waals surface area contributed by atoms with Gasteiger partial charge in [0.2, 0.25) is 5.88 Å². The number of likely N-dealkylation sites (tertiary alicyclic amines) is 1. The molecule has 31 heavy (non-hydrogen) atoms. The van der Waals surface area contributed by atoms with E-state index in [1.165, 1.54) is 36.8 Å². The van der Waals surface area contributed by atoms with Gasteiger partial charge in [-0.3, -0.25) is 4.90 Å². The lowest BCUT2D eigenvalue weighted by molar-refractivity contribution is 0.177. The summed E-state index contributed by atoms with van der Waals surface area (Å²) in [6.07, 6.45) is 7.99. The average molecular weight is 434 g/mol. The summed E-state index contributed by atoms with van der Waals surface area (Å²) < 4.78 is 1.97. The Labute approximate surface area is 188 Å². The van der Waals surface area contributed by atoms with Crippen LogP contribution >= 0.6 is 11.6 Å². The Morgan fingerprint density at radius 1 is 1.00 bits per heavy atom. The van der Waals surface area contributed by atoms with Gasteiger partial charge in [0, 0.05) is 24.7 Å². The number of aromatic hydroxyl groups is 1. The molecule has 0 spiro atoms. The summed E-state index contributed by atoms with van der Waals surface area (Å²) in [4.78, 5) is 2.50. The van der Waals surface area contributed by atoms with Crippen LogP contribution in [0.3, 0.4) is 0 Å². The number of aromatic nitrogens is 1. The van der Waals surface area contributed by atoms with E-state index in [1.807, 2.05) is 22.8 Å². The van der Waals surface area contributed by atoms with Crippen molar-refractivity contribution in [3.05, 3.63) is 64.3 Å². The van der Waals surface area contributed by atoms with Crippen molar-refractivity contribution in [3.8, 4) is 11.9 Å². The molecule has 2 fully saturated rings. The number of fused-ring (bicyclic) bond motifs is 1. The van der Waals surface area contributed by atoms with Crippen molar-refractivity contribution in [2.45, 2.75) is 45.2 Å². The molecule has 1 N–H and O–H groups in total. The highest BCUT2D eigenvalue weighted by Gasteiger charge is 2.24. The van der Waals surface area contributed by atoms with Crippen LogP contribution in [0, 0.1) is 23.2 Å². The zero-order valence-corrected chi connectivity index (χ0v) is 18.5. The number of hydrogen-bond donors (Lipinski definition) is 1. The molecule has 0 unspecified atom stereocenters. The summed E-state index contributed by atoms with van der Waals surface area (Å²) >= 11 is 6.58. The minimum atomic E-state index is 0.314. The second-order valence-corrected chi connectivity index (χ2v) is 9.73. The Morgan fingerprint density at radius 3 is 2.42 bits per heavy atom. The highest BCUT2D eigenvalue weighted by Crippen LogP contribution is 2.38. The predicted molar refractivity (Wildman–Crippen MR) is 124 cm³/mol. The molecule has 0 amide bonds. The Morgan fingerprint density at radius 2 is 1.74 bits per heavy atom. The molecule has 1 aromatic heterocycles. The molecule has 0 bridgehead atoms. The first-order valence-electron chi connectivity index (χ1n) is 11.3. The van der Waals surface area contributed by atoms with Crippen LogP contribution in [-0.2, 0) is 19.5 Å². The van der Waals surface area contributed by atoms with Gasteiger partial charge in [0.1, 0.15) is 0 Å². The Hall–Kier alpha value is -2.48. The molecule has 2 aromatic carbocycles. The molecule has 160 valence electrons. The van der Waals surface area contributed by atoms with Crippen LogP contribution in [0.1, 0.15) is 42.4 Å². The molecular formula is C26H28ClN3O. The van der Waals surface area contributed by atoms with Crippen molar-refractivity contribution in [2.75, 3.05) is 13.1 Å². The fraction of sp³-hybridized carbons (Fsp3) is 0.423. The first-order valence-corrected chi connectivity index (χ1v) is 11.7. The molecule has 2 heterocycles. The Balaban J connectivity index is 1.21. The largest absolute Gasteiger partial charge is 0.494 e. The smallest absolute Gasteiger partial charge is 0.200 e. The summed E-state index contributed by atoms with van der Waals surface area (Å²) in [5.74, 6) is 1.68. The number of nitriles is 1. The fourth-order valence-corrected chi connectivity index (χ4v) is 5.19. The summed E-state index contributed by atoms with van der Waals surface area (Å²) in [6, 6.07) is 14.4. The summed E-state index contributed by atoms with van der Waals surface area (Å²) in [6.45, 7) is 4.03. The van der Waals surface area contributed by atoms with Crippen LogP contribution in [-0.4, -0.2) is 27.7 Å². The molecule has 4 nitrogen and oxygen atoms in total. The van der Waals surface area contributed by atoms with Gasteiger partial charge < -0.3 is 9.67 Å². The van der Waals surface area contributed by atoms with Crippen LogP contribution < -0.4 is 0 Å². The summed E-state index contributed by atoms with van der Waals surface area (Å²) in [7, 11) is 0. The van der Waals surface area contributed by atoms with E-state index in [0.29, 0.717) is 28.3 Å². The SMILES string of the molecule is N#Cc1ccc(CN2CCC(Cc3cc(Cl)c4c(O)n(CC5CC5)cc4c3)CC2)cc1. The van der Waals surface area contributed by atoms with Crippen LogP contribution in [0.2, 0.25) is 5.02 Å². The van der Waals surface area contributed by atoms with Crippen molar-refractivity contribution < 1.29 is 5.11 Å². The standard InChI is InChI=1S/C26H28ClN3O/c27-24-13-22(12-23-17-30(16-21-5-6-21)26(31)25(23)24)11-18-7-9-29(10-8-18)15-20-3-1-19(14-28)2-4-20/h1-4,12-13,17-18,21,31H,5-11,15-16H2. The minimum Gasteiger partial charge on any atom is -0.494 e.